The van der Waals surface area contributed by atoms with Gasteiger partial charge in [0.1, 0.15) is 0 Å². The fourth-order valence-corrected chi connectivity index (χ4v) is 1.41. The molecule has 0 spiro atoms. The predicted molar refractivity (Wildman–Crippen MR) is 61.2 cm³/mol. The van der Waals surface area contributed by atoms with Crippen molar-refractivity contribution < 1.29 is 0 Å². The maximum atomic E-state index is 11.6. The van der Waals surface area contributed by atoms with Gasteiger partial charge in [-0.1, -0.05) is 17.7 Å². The summed E-state index contributed by atoms with van der Waals surface area (Å²) < 4.78 is 1.57. The van der Waals surface area contributed by atoms with Crippen molar-refractivity contribution in [3.63, 3.8) is 0 Å². The van der Waals surface area contributed by atoms with E-state index in [1.807, 2.05) is 31.2 Å². The van der Waals surface area contributed by atoms with Gasteiger partial charge in [-0.2, -0.15) is 0 Å². The molecule has 2 aromatic rings. The van der Waals surface area contributed by atoms with Gasteiger partial charge in [-0.25, -0.2) is 0 Å². The van der Waals surface area contributed by atoms with Crippen LogP contribution in [0.3, 0.4) is 0 Å². The summed E-state index contributed by atoms with van der Waals surface area (Å²) in [6.07, 6.45) is 1.68. The van der Waals surface area contributed by atoms with Crippen molar-refractivity contribution in [2.45, 2.75) is 6.92 Å². The zero-order valence-corrected chi connectivity index (χ0v) is 8.47. The maximum Gasteiger partial charge on any atom is 0.257 e. The fraction of sp³-hybridized carbons (Fsp3) is 0.0833. The third kappa shape index (κ3) is 1.91. The lowest BCUT2D eigenvalue weighted by Gasteiger charge is -2.05. The second-order valence-corrected chi connectivity index (χ2v) is 3.50. The summed E-state index contributed by atoms with van der Waals surface area (Å²) in [5, 5.41) is 0. The van der Waals surface area contributed by atoms with Gasteiger partial charge in [0.05, 0.1) is 0 Å². The Labute approximate surface area is 87.8 Å². The number of aryl methyl sites for hydroxylation is 1. The molecule has 0 radical (unpaired) electrons. The van der Waals surface area contributed by atoms with Gasteiger partial charge in [0.2, 0.25) is 0 Å². The van der Waals surface area contributed by atoms with Gasteiger partial charge in [-0.05, 0) is 25.1 Å². The molecule has 0 aliphatic rings. The van der Waals surface area contributed by atoms with Crippen LogP contribution in [0.15, 0.2) is 47.4 Å². The summed E-state index contributed by atoms with van der Waals surface area (Å²) >= 11 is 0. The largest absolute Gasteiger partial charge is 0.399 e. The topological polar surface area (TPSA) is 48.0 Å². The molecule has 0 atom stereocenters. The minimum absolute atomic E-state index is 0.112. The quantitative estimate of drug-likeness (QED) is 0.762. The lowest BCUT2D eigenvalue weighted by Crippen LogP contribution is -2.16. The molecule has 2 N–H and O–H groups in total. The fourth-order valence-electron chi connectivity index (χ4n) is 1.41. The van der Waals surface area contributed by atoms with E-state index in [1.165, 1.54) is 11.6 Å². The standard InChI is InChI=1S/C12H12N2O/c1-9-2-4-11(5-3-9)14-7-6-10(13)8-12(14)15/h2-8H,13H2,1H3. The smallest absolute Gasteiger partial charge is 0.257 e. The van der Waals surface area contributed by atoms with Crippen LogP contribution in [0, 0.1) is 6.92 Å². The van der Waals surface area contributed by atoms with Gasteiger partial charge in [-0.15, -0.1) is 0 Å². The first-order valence-electron chi connectivity index (χ1n) is 4.72. The zero-order valence-electron chi connectivity index (χ0n) is 8.47. The summed E-state index contributed by atoms with van der Waals surface area (Å²) in [5.41, 5.74) is 7.91. The van der Waals surface area contributed by atoms with E-state index in [9.17, 15) is 4.79 Å². The van der Waals surface area contributed by atoms with Crippen molar-refractivity contribution >= 4 is 5.69 Å². The molecule has 1 aromatic heterocycles. The summed E-state index contributed by atoms with van der Waals surface area (Å²) in [5.74, 6) is 0. The Morgan fingerprint density at radius 3 is 2.40 bits per heavy atom. The number of nitrogens with two attached hydrogens (primary N) is 1. The highest BCUT2D eigenvalue weighted by molar-refractivity contribution is 5.40. The molecule has 0 unspecified atom stereocenters. The molecule has 0 fully saturated rings. The molecule has 76 valence electrons. The Morgan fingerprint density at radius 1 is 1.13 bits per heavy atom. The minimum Gasteiger partial charge on any atom is -0.399 e. The number of benzene rings is 1. The molecule has 2 rings (SSSR count). The van der Waals surface area contributed by atoms with Gasteiger partial charge < -0.3 is 5.73 Å². The third-order valence-corrected chi connectivity index (χ3v) is 2.26. The molecule has 1 aromatic carbocycles. The molecule has 15 heavy (non-hydrogen) atoms. The van der Waals surface area contributed by atoms with E-state index in [0.29, 0.717) is 5.69 Å². The highest BCUT2D eigenvalue weighted by Gasteiger charge is 1.98. The summed E-state index contributed by atoms with van der Waals surface area (Å²) in [4.78, 5) is 11.6. The zero-order chi connectivity index (χ0) is 10.8. The summed E-state index contributed by atoms with van der Waals surface area (Å²) in [7, 11) is 0. The highest BCUT2D eigenvalue weighted by Crippen LogP contribution is 2.07. The maximum absolute atomic E-state index is 11.6. The molecule has 0 aliphatic carbocycles. The van der Waals surface area contributed by atoms with Crippen molar-refractivity contribution in [1.82, 2.24) is 4.57 Å². The van der Waals surface area contributed by atoms with Crippen molar-refractivity contribution in [1.29, 1.82) is 0 Å². The Hall–Kier alpha value is -2.03. The Balaban J connectivity index is 2.55. The van der Waals surface area contributed by atoms with Crippen LogP contribution in [0.5, 0.6) is 0 Å². The number of pyridine rings is 1. The average Bonchev–Trinajstić information content (AvgIpc) is 2.20. The highest BCUT2D eigenvalue weighted by atomic mass is 16.1. The number of nitrogen functional groups attached to an aromatic ring is 1. The van der Waals surface area contributed by atoms with Gasteiger partial charge in [0.25, 0.3) is 5.56 Å². The monoisotopic (exact) mass is 200 g/mol. The first kappa shape index (κ1) is 9.52. The van der Waals surface area contributed by atoms with Crippen molar-refractivity contribution in [2.75, 3.05) is 5.73 Å². The molecular formula is C12H12N2O. The molecule has 0 saturated heterocycles. The number of rotatable bonds is 1. The summed E-state index contributed by atoms with van der Waals surface area (Å²) in [6.45, 7) is 2.01. The molecule has 3 nitrogen and oxygen atoms in total. The van der Waals surface area contributed by atoms with Gasteiger partial charge in [0, 0.05) is 23.6 Å². The Kier molecular flexibility index (Phi) is 2.29. The molecule has 0 amide bonds. The van der Waals surface area contributed by atoms with Crippen LogP contribution in [0.1, 0.15) is 5.56 Å². The second kappa shape index (κ2) is 3.61. The lowest BCUT2D eigenvalue weighted by molar-refractivity contribution is 0.991. The molecule has 0 aliphatic heterocycles. The first-order valence-corrected chi connectivity index (χ1v) is 4.72. The van der Waals surface area contributed by atoms with Crippen LogP contribution in [-0.2, 0) is 0 Å². The molecule has 0 saturated carbocycles. The third-order valence-electron chi connectivity index (χ3n) is 2.26. The molecule has 0 bridgehead atoms. The minimum atomic E-state index is -0.112. The Morgan fingerprint density at radius 2 is 1.80 bits per heavy atom. The average molecular weight is 200 g/mol. The van der Waals surface area contributed by atoms with E-state index < -0.39 is 0 Å². The molecule has 1 heterocycles. The number of nitrogens with zero attached hydrogens (tertiary/aromatic N) is 1. The Bertz CT molecular complexity index is 526. The van der Waals surface area contributed by atoms with Crippen molar-refractivity contribution in [2.24, 2.45) is 0 Å². The van der Waals surface area contributed by atoms with E-state index in [4.69, 9.17) is 5.73 Å². The van der Waals surface area contributed by atoms with Crippen LogP contribution in [0.25, 0.3) is 5.69 Å². The number of anilines is 1. The number of hydrogen-bond donors (Lipinski definition) is 1. The van der Waals surface area contributed by atoms with Crippen molar-refractivity contribution in [3.05, 3.63) is 58.5 Å². The van der Waals surface area contributed by atoms with E-state index in [2.05, 4.69) is 0 Å². The van der Waals surface area contributed by atoms with E-state index in [1.54, 1.807) is 16.8 Å². The number of hydrogen-bond acceptors (Lipinski definition) is 2. The molecular weight excluding hydrogens is 188 g/mol. The first-order chi connectivity index (χ1) is 7.16. The molecule has 3 heteroatoms. The van der Waals surface area contributed by atoms with Gasteiger partial charge in [0.15, 0.2) is 0 Å². The van der Waals surface area contributed by atoms with Crippen LogP contribution in [-0.4, -0.2) is 4.57 Å². The van der Waals surface area contributed by atoms with E-state index in [0.717, 1.165) is 5.69 Å². The van der Waals surface area contributed by atoms with E-state index in [-0.39, 0.29) is 5.56 Å². The van der Waals surface area contributed by atoms with Crippen LogP contribution < -0.4 is 11.3 Å². The van der Waals surface area contributed by atoms with E-state index >= 15 is 0 Å². The summed E-state index contributed by atoms with van der Waals surface area (Å²) in [6, 6.07) is 10.9. The van der Waals surface area contributed by atoms with Crippen LogP contribution in [0.2, 0.25) is 0 Å². The van der Waals surface area contributed by atoms with Gasteiger partial charge >= 0.3 is 0 Å². The van der Waals surface area contributed by atoms with Gasteiger partial charge in [-0.3, -0.25) is 9.36 Å². The van der Waals surface area contributed by atoms with Crippen LogP contribution in [0.4, 0.5) is 5.69 Å². The number of aromatic nitrogens is 1. The van der Waals surface area contributed by atoms with Crippen LogP contribution >= 0.6 is 0 Å². The lowest BCUT2D eigenvalue weighted by atomic mass is 10.2. The second-order valence-electron chi connectivity index (χ2n) is 3.50. The van der Waals surface area contributed by atoms with Crippen molar-refractivity contribution in [3.8, 4) is 5.69 Å². The normalized spacial score (nSPS) is 10.2. The predicted octanol–water partition coefficient (Wildman–Crippen LogP) is 1.73. The SMILES string of the molecule is Cc1ccc(-n2ccc(N)cc2=O)cc1.